The van der Waals surface area contributed by atoms with Crippen molar-refractivity contribution in [1.82, 2.24) is 15.5 Å². The van der Waals surface area contributed by atoms with Crippen LogP contribution in [0.1, 0.15) is 43.2 Å². The lowest BCUT2D eigenvalue weighted by Crippen LogP contribution is -2.53. The zero-order valence-corrected chi connectivity index (χ0v) is 22.5. The SMILES string of the molecule is O=C(NCc1ccccc1)[C@@H]1[C@@H](C(=O)NCc2ccccc2)/C(=N\Nc2ccccc2)C(=O)N1C1CCCCC1. The van der Waals surface area contributed by atoms with Crippen LogP contribution in [-0.4, -0.2) is 40.4 Å². The zero-order valence-electron chi connectivity index (χ0n) is 22.5. The number of rotatable bonds is 9. The molecule has 2 atom stereocenters. The summed E-state index contributed by atoms with van der Waals surface area (Å²) < 4.78 is 0. The van der Waals surface area contributed by atoms with Crippen molar-refractivity contribution in [2.75, 3.05) is 5.43 Å². The Morgan fingerprint density at radius 2 is 1.25 bits per heavy atom. The number of hydrazone groups is 1. The average Bonchev–Trinajstić information content (AvgIpc) is 3.31. The van der Waals surface area contributed by atoms with E-state index in [-0.39, 0.29) is 30.1 Å². The molecule has 3 aromatic rings. The van der Waals surface area contributed by atoms with E-state index in [4.69, 9.17) is 0 Å². The first-order valence-electron chi connectivity index (χ1n) is 14.0. The van der Waals surface area contributed by atoms with Crippen LogP contribution >= 0.6 is 0 Å². The lowest BCUT2D eigenvalue weighted by Gasteiger charge is -2.35. The second-order valence-corrected chi connectivity index (χ2v) is 10.3. The summed E-state index contributed by atoms with van der Waals surface area (Å²) in [7, 11) is 0. The van der Waals surface area contributed by atoms with Gasteiger partial charge in [-0.2, -0.15) is 5.10 Å². The zero-order chi connectivity index (χ0) is 27.7. The summed E-state index contributed by atoms with van der Waals surface area (Å²) >= 11 is 0. The molecule has 2 aliphatic rings. The molecule has 5 rings (SSSR count). The third-order valence-corrected chi connectivity index (χ3v) is 7.58. The molecule has 1 saturated heterocycles. The number of nitrogens with zero attached hydrogens (tertiary/aromatic N) is 2. The van der Waals surface area contributed by atoms with Crippen molar-refractivity contribution in [3.05, 3.63) is 102 Å². The first-order valence-corrected chi connectivity index (χ1v) is 14.0. The first kappa shape index (κ1) is 27.1. The molecule has 3 amide bonds. The number of likely N-dealkylation sites (tertiary alicyclic amines) is 1. The summed E-state index contributed by atoms with van der Waals surface area (Å²) in [5, 5.41) is 10.4. The van der Waals surface area contributed by atoms with Gasteiger partial charge in [0.25, 0.3) is 5.91 Å². The molecule has 0 unspecified atom stereocenters. The molecule has 1 aliphatic carbocycles. The fourth-order valence-corrected chi connectivity index (χ4v) is 5.54. The minimum absolute atomic E-state index is 0.0554. The number of carbonyl (C=O) groups excluding carboxylic acids is 3. The van der Waals surface area contributed by atoms with Gasteiger partial charge in [0.05, 0.1) is 5.69 Å². The minimum Gasteiger partial charge on any atom is -0.351 e. The van der Waals surface area contributed by atoms with E-state index in [1.165, 1.54) is 0 Å². The molecule has 0 spiro atoms. The Labute approximate surface area is 234 Å². The van der Waals surface area contributed by atoms with Gasteiger partial charge in [0.2, 0.25) is 11.8 Å². The van der Waals surface area contributed by atoms with Crippen LogP contribution in [0.4, 0.5) is 5.69 Å². The lowest BCUT2D eigenvalue weighted by molar-refractivity contribution is -0.139. The van der Waals surface area contributed by atoms with Crippen LogP contribution < -0.4 is 16.1 Å². The van der Waals surface area contributed by atoms with Gasteiger partial charge in [0.1, 0.15) is 17.7 Å². The van der Waals surface area contributed by atoms with Crippen molar-refractivity contribution in [3.63, 3.8) is 0 Å². The fourth-order valence-electron chi connectivity index (χ4n) is 5.54. The highest BCUT2D eigenvalue weighted by molar-refractivity contribution is 6.46. The molecule has 2 fully saturated rings. The number of nitrogens with one attached hydrogen (secondary N) is 3. The molecular formula is C32H35N5O3. The molecule has 8 heteroatoms. The summed E-state index contributed by atoms with van der Waals surface area (Å²) in [5.74, 6) is -2.18. The number of para-hydroxylation sites is 1. The van der Waals surface area contributed by atoms with Gasteiger partial charge in [-0.1, -0.05) is 98.1 Å². The highest BCUT2D eigenvalue weighted by Crippen LogP contribution is 2.33. The Bertz CT molecular complexity index is 1320. The predicted octanol–water partition coefficient (Wildman–Crippen LogP) is 4.25. The normalized spacial score (nSPS) is 20.4. The van der Waals surface area contributed by atoms with Crippen LogP contribution in [0.25, 0.3) is 0 Å². The van der Waals surface area contributed by atoms with Crippen LogP contribution in [0.5, 0.6) is 0 Å². The van der Waals surface area contributed by atoms with Crippen molar-refractivity contribution in [1.29, 1.82) is 0 Å². The maximum Gasteiger partial charge on any atom is 0.271 e. The van der Waals surface area contributed by atoms with E-state index in [2.05, 4.69) is 21.2 Å². The van der Waals surface area contributed by atoms with Gasteiger partial charge in [0, 0.05) is 19.1 Å². The number of anilines is 1. The summed E-state index contributed by atoms with van der Waals surface area (Å²) in [6, 6.07) is 27.3. The van der Waals surface area contributed by atoms with E-state index in [1.807, 2.05) is 91.0 Å². The topological polar surface area (TPSA) is 103 Å². The van der Waals surface area contributed by atoms with Crippen LogP contribution in [-0.2, 0) is 27.5 Å². The van der Waals surface area contributed by atoms with E-state index in [0.29, 0.717) is 12.2 Å². The molecule has 1 heterocycles. The van der Waals surface area contributed by atoms with Crippen molar-refractivity contribution in [2.24, 2.45) is 11.0 Å². The summed E-state index contributed by atoms with van der Waals surface area (Å²) in [5.41, 5.74) is 5.55. The quantitative estimate of drug-likeness (QED) is 0.355. The second kappa shape index (κ2) is 13.1. The number of carbonyl (C=O) groups is 3. The van der Waals surface area contributed by atoms with Gasteiger partial charge in [-0.05, 0) is 36.1 Å². The lowest BCUT2D eigenvalue weighted by atomic mass is 9.92. The van der Waals surface area contributed by atoms with Crippen molar-refractivity contribution < 1.29 is 14.4 Å². The number of amides is 3. The van der Waals surface area contributed by atoms with Crippen molar-refractivity contribution in [3.8, 4) is 0 Å². The van der Waals surface area contributed by atoms with E-state index < -0.39 is 17.9 Å². The van der Waals surface area contributed by atoms with Gasteiger partial charge in [-0.25, -0.2) is 0 Å². The van der Waals surface area contributed by atoms with Crippen molar-refractivity contribution in [2.45, 2.75) is 57.3 Å². The molecule has 40 heavy (non-hydrogen) atoms. The molecule has 0 aromatic heterocycles. The Hall–Kier alpha value is -4.46. The van der Waals surface area contributed by atoms with Crippen LogP contribution in [0, 0.1) is 5.92 Å². The van der Waals surface area contributed by atoms with Gasteiger partial charge < -0.3 is 15.5 Å². The van der Waals surface area contributed by atoms with Crippen LogP contribution in [0.2, 0.25) is 0 Å². The highest BCUT2D eigenvalue weighted by Gasteiger charge is 2.54. The molecule has 1 aliphatic heterocycles. The van der Waals surface area contributed by atoms with Gasteiger partial charge in [0.15, 0.2) is 0 Å². The standard InChI is InChI=1S/C32H35N5O3/c38-30(33-21-23-13-5-1-6-14-23)27-28(36-35-25-17-9-3-10-18-25)32(40)37(26-19-11-4-12-20-26)29(27)31(39)34-22-24-15-7-2-8-16-24/h1-3,5-10,13-18,26-27,29,35H,4,11-12,19-22H2,(H,33,38)(H,34,39)/b36-28+/t27-,29-/m0/s1. The second-order valence-electron chi connectivity index (χ2n) is 10.3. The smallest absolute Gasteiger partial charge is 0.271 e. The summed E-state index contributed by atoms with van der Waals surface area (Å²) in [6.07, 6.45) is 4.65. The third-order valence-electron chi connectivity index (χ3n) is 7.58. The van der Waals surface area contributed by atoms with E-state index >= 15 is 0 Å². The number of hydrogen-bond donors (Lipinski definition) is 3. The largest absolute Gasteiger partial charge is 0.351 e. The Balaban J connectivity index is 1.47. The fraction of sp³-hybridized carbons (Fsp3) is 0.312. The average molecular weight is 538 g/mol. The maximum atomic E-state index is 14.0. The molecular weight excluding hydrogens is 502 g/mol. The number of benzene rings is 3. The summed E-state index contributed by atoms with van der Waals surface area (Å²) in [6.45, 7) is 0.585. The molecule has 0 bridgehead atoms. The van der Waals surface area contributed by atoms with Crippen LogP contribution in [0.15, 0.2) is 96.1 Å². The molecule has 8 nitrogen and oxygen atoms in total. The highest BCUT2D eigenvalue weighted by atomic mass is 16.2. The predicted molar refractivity (Wildman–Crippen MR) is 155 cm³/mol. The molecule has 1 saturated carbocycles. The molecule has 3 aromatic carbocycles. The Morgan fingerprint density at radius 3 is 1.82 bits per heavy atom. The van der Waals surface area contributed by atoms with E-state index in [1.54, 1.807) is 4.90 Å². The van der Waals surface area contributed by atoms with E-state index in [0.717, 1.165) is 43.2 Å². The molecule has 3 N–H and O–H groups in total. The minimum atomic E-state index is -1.06. The van der Waals surface area contributed by atoms with Gasteiger partial charge in [-0.3, -0.25) is 19.8 Å². The monoisotopic (exact) mass is 537 g/mol. The first-order chi connectivity index (χ1) is 19.6. The summed E-state index contributed by atoms with van der Waals surface area (Å²) in [4.78, 5) is 43.3. The number of hydrogen-bond acceptors (Lipinski definition) is 5. The Kier molecular flexibility index (Phi) is 8.86. The maximum absolute atomic E-state index is 14.0. The van der Waals surface area contributed by atoms with E-state index in [9.17, 15) is 14.4 Å². The van der Waals surface area contributed by atoms with Gasteiger partial charge >= 0.3 is 0 Å². The molecule has 206 valence electrons. The van der Waals surface area contributed by atoms with Gasteiger partial charge in [-0.15, -0.1) is 0 Å². The van der Waals surface area contributed by atoms with Crippen LogP contribution in [0.3, 0.4) is 0 Å². The molecule has 0 radical (unpaired) electrons. The Morgan fingerprint density at radius 1 is 0.725 bits per heavy atom. The van der Waals surface area contributed by atoms with Crippen molar-refractivity contribution >= 4 is 29.1 Å². The third kappa shape index (κ3) is 6.39.